The lowest BCUT2D eigenvalue weighted by molar-refractivity contribution is -0.384. The number of carbonyl (C=O) groups excluding carboxylic acids is 2. The number of benzene rings is 1. The third-order valence-electron chi connectivity index (χ3n) is 3.05. The van der Waals surface area contributed by atoms with Crippen LogP contribution in [0.3, 0.4) is 0 Å². The van der Waals surface area contributed by atoms with Gasteiger partial charge in [-0.1, -0.05) is 19.8 Å². The second-order valence-corrected chi connectivity index (χ2v) is 4.77. The third-order valence-corrected chi connectivity index (χ3v) is 3.05. The number of hydrogen-bond acceptors (Lipinski definition) is 6. The van der Waals surface area contributed by atoms with Crippen molar-refractivity contribution < 1.29 is 24.0 Å². The Balaban J connectivity index is 2.61. The molecule has 0 heterocycles. The van der Waals surface area contributed by atoms with E-state index in [1.807, 2.05) is 0 Å². The van der Waals surface area contributed by atoms with Gasteiger partial charge < -0.3 is 14.8 Å². The molecule has 8 nitrogen and oxygen atoms in total. The number of carbonyl (C=O) groups is 2. The van der Waals surface area contributed by atoms with Crippen molar-refractivity contribution in [1.29, 1.82) is 0 Å². The van der Waals surface area contributed by atoms with Gasteiger partial charge in [-0.25, -0.2) is 4.79 Å². The molecule has 0 aliphatic carbocycles. The standard InChI is InChI=1S/C15H20N2O6/c1-3-4-5-8-16-14(18)10-23-15(19)12-9-11(17(20)21)6-7-13(12)22-2/h6-7,9H,3-5,8,10H2,1-2H3,(H,16,18). The molecule has 0 aliphatic rings. The zero-order chi connectivity index (χ0) is 17.2. The first kappa shape index (κ1) is 18.4. The maximum atomic E-state index is 12.0. The molecular formula is C15H20N2O6. The number of rotatable bonds is 9. The monoisotopic (exact) mass is 324 g/mol. The van der Waals surface area contributed by atoms with Gasteiger partial charge in [-0.15, -0.1) is 0 Å². The van der Waals surface area contributed by atoms with Gasteiger partial charge in [-0.3, -0.25) is 14.9 Å². The summed E-state index contributed by atoms with van der Waals surface area (Å²) in [4.78, 5) is 33.7. The number of nitro groups is 1. The van der Waals surface area contributed by atoms with E-state index in [1.165, 1.54) is 19.2 Å². The fourth-order valence-corrected chi connectivity index (χ4v) is 1.83. The molecule has 0 radical (unpaired) electrons. The Morgan fingerprint density at radius 3 is 2.65 bits per heavy atom. The molecule has 0 spiro atoms. The largest absolute Gasteiger partial charge is 0.496 e. The summed E-state index contributed by atoms with van der Waals surface area (Å²) in [6.45, 7) is 2.12. The average molecular weight is 324 g/mol. The quantitative estimate of drug-likeness (QED) is 0.322. The van der Waals surface area contributed by atoms with Crippen LogP contribution in [0.15, 0.2) is 18.2 Å². The highest BCUT2D eigenvalue weighted by Crippen LogP contribution is 2.24. The predicted molar refractivity (Wildman–Crippen MR) is 82.5 cm³/mol. The molecule has 1 aromatic rings. The summed E-state index contributed by atoms with van der Waals surface area (Å²) in [5.74, 6) is -1.13. The van der Waals surface area contributed by atoms with E-state index in [0.717, 1.165) is 25.3 Å². The van der Waals surface area contributed by atoms with Crippen LogP contribution in [0.25, 0.3) is 0 Å². The number of nitro benzene ring substituents is 1. The molecule has 0 aromatic heterocycles. The lowest BCUT2D eigenvalue weighted by atomic mass is 10.2. The van der Waals surface area contributed by atoms with Gasteiger partial charge in [-0.05, 0) is 12.5 Å². The summed E-state index contributed by atoms with van der Waals surface area (Å²) in [5.41, 5.74) is -0.359. The van der Waals surface area contributed by atoms with E-state index < -0.39 is 23.4 Å². The number of methoxy groups -OCH3 is 1. The van der Waals surface area contributed by atoms with E-state index in [1.54, 1.807) is 0 Å². The Morgan fingerprint density at radius 1 is 1.30 bits per heavy atom. The molecule has 0 aliphatic heterocycles. The van der Waals surface area contributed by atoms with Gasteiger partial charge in [0.1, 0.15) is 11.3 Å². The fraction of sp³-hybridized carbons (Fsp3) is 0.467. The van der Waals surface area contributed by atoms with Crippen molar-refractivity contribution in [2.75, 3.05) is 20.3 Å². The first-order valence-corrected chi connectivity index (χ1v) is 7.25. The third kappa shape index (κ3) is 5.93. The zero-order valence-corrected chi connectivity index (χ0v) is 13.2. The van der Waals surface area contributed by atoms with Crippen molar-refractivity contribution in [1.82, 2.24) is 5.32 Å². The number of esters is 1. The molecular weight excluding hydrogens is 304 g/mol. The predicted octanol–water partition coefficient (Wildman–Crippen LogP) is 2.07. The Bertz CT molecular complexity index is 573. The molecule has 0 atom stereocenters. The van der Waals surface area contributed by atoms with Crippen LogP contribution in [-0.2, 0) is 9.53 Å². The lowest BCUT2D eigenvalue weighted by Crippen LogP contribution is -2.29. The van der Waals surface area contributed by atoms with Gasteiger partial charge in [-0.2, -0.15) is 0 Å². The number of nitrogens with one attached hydrogen (secondary N) is 1. The van der Waals surface area contributed by atoms with Crippen molar-refractivity contribution in [3.8, 4) is 5.75 Å². The first-order valence-electron chi connectivity index (χ1n) is 7.25. The molecule has 1 amide bonds. The number of nitrogens with zero attached hydrogens (tertiary/aromatic N) is 1. The molecule has 1 rings (SSSR count). The van der Waals surface area contributed by atoms with Crippen molar-refractivity contribution in [2.45, 2.75) is 26.2 Å². The second-order valence-electron chi connectivity index (χ2n) is 4.77. The smallest absolute Gasteiger partial charge is 0.342 e. The highest BCUT2D eigenvalue weighted by atomic mass is 16.6. The molecule has 1 N–H and O–H groups in total. The molecule has 126 valence electrons. The van der Waals surface area contributed by atoms with Crippen LogP contribution in [0.1, 0.15) is 36.5 Å². The average Bonchev–Trinajstić information content (AvgIpc) is 2.55. The van der Waals surface area contributed by atoms with Gasteiger partial charge in [0.25, 0.3) is 11.6 Å². The molecule has 0 fully saturated rings. The topological polar surface area (TPSA) is 108 Å². The number of ether oxygens (including phenoxy) is 2. The van der Waals surface area contributed by atoms with Gasteiger partial charge in [0.2, 0.25) is 0 Å². The minimum Gasteiger partial charge on any atom is -0.496 e. The van der Waals surface area contributed by atoms with E-state index in [2.05, 4.69) is 12.2 Å². The molecule has 1 aromatic carbocycles. The summed E-state index contributed by atoms with van der Waals surface area (Å²) in [5, 5.41) is 13.4. The number of amides is 1. The van der Waals surface area contributed by atoms with E-state index in [-0.39, 0.29) is 17.0 Å². The maximum Gasteiger partial charge on any atom is 0.342 e. The Kier molecular flexibility index (Phi) is 7.52. The highest BCUT2D eigenvalue weighted by molar-refractivity contribution is 5.94. The van der Waals surface area contributed by atoms with E-state index >= 15 is 0 Å². The van der Waals surface area contributed by atoms with Gasteiger partial charge >= 0.3 is 5.97 Å². The molecule has 0 saturated heterocycles. The Morgan fingerprint density at radius 2 is 2.04 bits per heavy atom. The first-order chi connectivity index (χ1) is 11.0. The van der Waals surface area contributed by atoms with Crippen LogP contribution in [0.2, 0.25) is 0 Å². The summed E-state index contributed by atoms with van der Waals surface area (Å²) in [6, 6.07) is 3.58. The van der Waals surface area contributed by atoms with E-state index in [0.29, 0.717) is 6.54 Å². The molecule has 0 saturated carbocycles. The number of unbranched alkanes of at least 4 members (excludes halogenated alkanes) is 2. The fourth-order valence-electron chi connectivity index (χ4n) is 1.83. The normalized spacial score (nSPS) is 10.0. The Labute approximate surface area is 133 Å². The number of non-ortho nitro benzene ring substituents is 1. The van der Waals surface area contributed by atoms with Crippen LogP contribution < -0.4 is 10.1 Å². The van der Waals surface area contributed by atoms with Crippen LogP contribution in [0, 0.1) is 10.1 Å². The number of hydrogen-bond donors (Lipinski definition) is 1. The summed E-state index contributed by atoms with van der Waals surface area (Å²) >= 11 is 0. The SMILES string of the molecule is CCCCCNC(=O)COC(=O)c1cc([N+](=O)[O-])ccc1OC. The van der Waals surface area contributed by atoms with Crippen molar-refractivity contribution in [3.63, 3.8) is 0 Å². The lowest BCUT2D eigenvalue weighted by Gasteiger charge is -2.09. The van der Waals surface area contributed by atoms with E-state index in [4.69, 9.17) is 9.47 Å². The minimum absolute atomic E-state index is 0.0968. The highest BCUT2D eigenvalue weighted by Gasteiger charge is 2.19. The van der Waals surface area contributed by atoms with Crippen LogP contribution >= 0.6 is 0 Å². The molecule has 23 heavy (non-hydrogen) atoms. The van der Waals surface area contributed by atoms with Gasteiger partial charge in [0, 0.05) is 18.7 Å². The van der Waals surface area contributed by atoms with Crippen LogP contribution in [0.4, 0.5) is 5.69 Å². The van der Waals surface area contributed by atoms with Crippen molar-refractivity contribution in [2.24, 2.45) is 0 Å². The minimum atomic E-state index is -0.853. The van der Waals surface area contributed by atoms with E-state index in [9.17, 15) is 19.7 Å². The van der Waals surface area contributed by atoms with Crippen molar-refractivity contribution >= 4 is 17.6 Å². The van der Waals surface area contributed by atoms with Gasteiger partial charge in [0.15, 0.2) is 6.61 Å². The van der Waals surface area contributed by atoms with Crippen LogP contribution in [-0.4, -0.2) is 37.1 Å². The van der Waals surface area contributed by atoms with Crippen molar-refractivity contribution in [3.05, 3.63) is 33.9 Å². The molecule has 0 unspecified atom stereocenters. The summed E-state index contributed by atoms with van der Waals surface area (Å²) in [7, 11) is 1.33. The summed E-state index contributed by atoms with van der Waals surface area (Å²) in [6.07, 6.45) is 2.90. The zero-order valence-electron chi connectivity index (χ0n) is 13.2. The molecule has 8 heteroatoms. The summed E-state index contributed by atoms with van der Waals surface area (Å²) < 4.78 is 9.85. The second kappa shape index (κ2) is 9.39. The molecule has 0 bridgehead atoms. The maximum absolute atomic E-state index is 12.0. The van der Waals surface area contributed by atoms with Gasteiger partial charge in [0.05, 0.1) is 12.0 Å². The Hall–Kier alpha value is -2.64. The van der Waals surface area contributed by atoms with Crippen LogP contribution in [0.5, 0.6) is 5.75 Å².